The summed E-state index contributed by atoms with van der Waals surface area (Å²) < 4.78 is 6.09. The number of benzene rings is 1. The summed E-state index contributed by atoms with van der Waals surface area (Å²) in [6, 6.07) is 7.93. The maximum atomic E-state index is 6.09. The van der Waals surface area contributed by atoms with Crippen molar-refractivity contribution in [3.05, 3.63) is 75.6 Å². The molecule has 0 aromatic heterocycles. The minimum atomic E-state index is -0.244. The number of hydrogen-bond acceptors (Lipinski definition) is 1. The zero-order valence-electron chi connectivity index (χ0n) is 12.6. The van der Waals surface area contributed by atoms with Crippen LogP contribution in [0.25, 0.3) is 6.08 Å². The average molecular weight is 299 g/mol. The Labute approximate surface area is 131 Å². The lowest BCUT2D eigenvalue weighted by atomic mass is 9.86. The molecule has 0 amide bonds. The maximum absolute atomic E-state index is 6.09. The summed E-state index contributed by atoms with van der Waals surface area (Å²) in [6.07, 6.45) is 9.55. The van der Waals surface area contributed by atoms with Crippen LogP contribution in [0.15, 0.2) is 65.0 Å². The lowest BCUT2D eigenvalue weighted by molar-refractivity contribution is 0.0797. The van der Waals surface area contributed by atoms with E-state index in [1.165, 1.54) is 16.7 Å². The molecular weight excluding hydrogens is 280 g/mol. The molecule has 3 rings (SSSR count). The lowest BCUT2D eigenvalue weighted by Gasteiger charge is -2.33. The molecule has 0 saturated carbocycles. The largest absolute Gasteiger partial charge is 0.483 e. The van der Waals surface area contributed by atoms with Crippen molar-refractivity contribution in [3.8, 4) is 0 Å². The topological polar surface area (TPSA) is 9.23 Å². The van der Waals surface area contributed by atoms with Gasteiger partial charge in [0.2, 0.25) is 0 Å². The van der Waals surface area contributed by atoms with Gasteiger partial charge in [-0.25, -0.2) is 0 Å². The van der Waals surface area contributed by atoms with Gasteiger partial charge in [0.15, 0.2) is 0 Å². The van der Waals surface area contributed by atoms with Crippen molar-refractivity contribution in [2.75, 3.05) is 0 Å². The maximum Gasteiger partial charge on any atom is 0.128 e. The van der Waals surface area contributed by atoms with E-state index in [9.17, 15) is 0 Å². The van der Waals surface area contributed by atoms with Crippen LogP contribution in [0.1, 0.15) is 32.8 Å². The van der Waals surface area contributed by atoms with E-state index in [2.05, 4.69) is 51.1 Å². The van der Waals surface area contributed by atoms with Gasteiger partial charge in [-0.1, -0.05) is 35.9 Å². The van der Waals surface area contributed by atoms with E-state index in [4.69, 9.17) is 16.3 Å². The molecule has 1 aliphatic carbocycles. The summed E-state index contributed by atoms with van der Waals surface area (Å²) in [6.45, 7) is 6.33. The summed E-state index contributed by atoms with van der Waals surface area (Å²) >= 11 is 6.07. The second-order valence-electron chi connectivity index (χ2n) is 6.10. The first-order valence-electron chi connectivity index (χ1n) is 7.21. The molecule has 1 aromatic carbocycles. The van der Waals surface area contributed by atoms with Crippen molar-refractivity contribution in [2.45, 2.75) is 32.8 Å². The molecule has 0 N–H and O–H groups in total. The summed E-state index contributed by atoms with van der Waals surface area (Å²) in [5, 5.41) is 0.762. The van der Waals surface area contributed by atoms with Crippen LogP contribution in [0.4, 0.5) is 0 Å². The minimum absolute atomic E-state index is 0.244. The molecule has 0 atom stereocenters. The van der Waals surface area contributed by atoms with Gasteiger partial charge in [-0.15, -0.1) is 0 Å². The molecule has 1 aromatic rings. The SMILES string of the molecule is CC1=CC(C)(C)OC2=C1C(=Cc1cccc(Cl)c1)CC=C2. The molecule has 0 bridgehead atoms. The Bertz CT molecular complexity index is 702. The highest BCUT2D eigenvalue weighted by Gasteiger charge is 2.28. The first-order chi connectivity index (χ1) is 9.94. The van der Waals surface area contributed by atoms with Crippen LogP contribution in [-0.2, 0) is 4.74 Å². The molecule has 0 spiro atoms. The Hall–Kier alpha value is -1.73. The van der Waals surface area contributed by atoms with E-state index in [-0.39, 0.29) is 5.60 Å². The second kappa shape index (κ2) is 5.23. The van der Waals surface area contributed by atoms with Crippen LogP contribution in [0, 0.1) is 0 Å². The average Bonchev–Trinajstić information content (AvgIpc) is 2.36. The molecule has 1 nitrogen and oxygen atoms in total. The Morgan fingerprint density at radius 3 is 2.86 bits per heavy atom. The fourth-order valence-corrected chi connectivity index (χ4v) is 3.20. The van der Waals surface area contributed by atoms with Crippen LogP contribution in [0.2, 0.25) is 5.02 Å². The second-order valence-corrected chi connectivity index (χ2v) is 6.54. The molecule has 0 radical (unpaired) electrons. The van der Waals surface area contributed by atoms with Gasteiger partial charge in [-0.3, -0.25) is 0 Å². The lowest BCUT2D eigenvalue weighted by Crippen LogP contribution is -2.26. The number of allylic oxidation sites excluding steroid dienone is 5. The van der Waals surface area contributed by atoms with E-state index in [1.807, 2.05) is 18.2 Å². The van der Waals surface area contributed by atoms with Crippen LogP contribution in [0.5, 0.6) is 0 Å². The molecule has 1 aliphatic heterocycles. The first-order valence-corrected chi connectivity index (χ1v) is 7.59. The highest BCUT2D eigenvalue weighted by molar-refractivity contribution is 6.30. The summed E-state index contributed by atoms with van der Waals surface area (Å²) in [5.74, 6) is 0.972. The highest BCUT2D eigenvalue weighted by atomic mass is 35.5. The summed E-state index contributed by atoms with van der Waals surface area (Å²) in [5.41, 5.74) is 4.65. The first kappa shape index (κ1) is 14.2. The van der Waals surface area contributed by atoms with Gasteiger partial charge in [-0.05, 0) is 68.2 Å². The van der Waals surface area contributed by atoms with Crippen LogP contribution in [-0.4, -0.2) is 5.60 Å². The molecular formula is C19H19ClO. The number of ether oxygens (including phenoxy) is 1. The Morgan fingerprint density at radius 1 is 1.29 bits per heavy atom. The van der Waals surface area contributed by atoms with Crippen molar-refractivity contribution in [2.24, 2.45) is 0 Å². The fourth-order valence-electron chi connectivity index (χ4n) is 3.00. The van der Waals surface area contributed by atoms with Crippen molar-refractivity contribution >= 4 is 17.7 Å². The number of rotatable bonds is 1. The summed E-state index contributed by atoms with van der Waals surface area (Å²) in [7, 11) is 0. The van der Waals surface area contributed by atoms with E-state index in [1.54, 1.807) is 0 Å². The molecule has 21 heavy (non-hydrogen) atoms. The van der Waals surface area contributed by atoms with E-state index >= 15 is 0 Å². The molecule has 0 unspecified atom stereocenters. The highest BCUT2D eigenvalue weighted by Crippen LogP contribution is 2.39. The predicted octanol–water partition coefficient (Wildman–Crippen LogP) is 5.69. The zero-order valence-corrected chi connectivity index (χ0v) is 13.4. The quantitative estimate of drug-likeness (QED) is 0.647. The van der Waals surface area contributed by atoms with Crippen molar-refractivity contribution in [1.29, 1.82) is 0 Å². The third-order valence-corrected chi connectivity index (χ3v) is 3.93. The third kappa shape index (κ3) is 2.98. The van der Waals surface area contributed by atoms with Crippen LogP contribution in [0.3, 0.4) is 0 Å². The zero-order chi connectivity index (χ0) is 15.0. The van der Waals surface area contributed by atoms with E-state index in [0.29, 0.717) is 0 Å². The van der Waals surface area contributed by atoms with Gasteiger partial charge < -0.3 is 4.74 Å². The van der Waals surface area contributed by atoms with Crippen LogP contribution < -0.4 is 0 Å². The van der Waals surface area contributed by atoms with Gasteiger partial charge in [0, 0.05) is 10.6 Å². The summed E-state index contributed by atoms with van der Waals surface area (Å²) in [4.78, 5) is 0. The van der Waals surface area contributed by atoms with Crippen LogP contribution >= 0.6 is 11.6 Å². The molecule has 2 heteroatoms. The van der Waals surface area contributed by atoms with Crippen molar-refractivity contribution in [1.82, 2.24) is 0 Å². The fraction of sp³-hybridized carbons (Fsp3) is 0.263. The Balaban J connectivity index is 2.04. The van der Waals surface area contributed by atoms with E-state index in [0.717, 1.165) is 22.8 Å². The molecule has 0 saturated heterocycles. The van der Waals surface area contributed by atoms with Crippen molar-refractivity contribution in [3.63, 3.8) is 0 Å². The Morgan fingerprint density at radius 2 is 2.10 bits per heavy atom. The standard InChI is InChI=1S/C19H19ClO/c1-13-12-19(2,3)21-17-9-5-7-15(18(13)17)10-14-6-4-8-16(20)11-14/h4-6,8-12H,7H2,1-3H3. The van der Waals surface area contributed by atoms with E-state index < -0.39 is 0 Å². The molecule has 1 heterocycles. The third-order valence-electron chi connectivity index (χ3n) is 3.70. The van der Waals surface area contributed by atoms with Gasteiger partial charge in [0.05, 0.1) is 0 Å². The molecule has 108 valence electrons. The van der Waals surface area contributed by atoms with Gasteiger partial charge in [0.1, 0.15) is 11.4 Å². The molecule has 2 aliphatic rings. The Kier molecular flexibility index (Phi) is 3.54. The monoisotopic (exact) mass is 298 g/mol. The molecule has 0 fully saturated rings. The number of hydrogen-bond donors (Lipinski definition) is 0. The smallest absolute Gasteiger partial charge is 0.128 e. The predicted molar refractivity (Wildman–Crippen MR) is 89.1 cm³/mol. The van der Waals surface area contributed by atoms with Gasteiger partial charge in [0.25, 0.3) is 0 Å². The number of halogens is 1. The minimum Gasteiger partial charge on any atom is -0.483 e. The van der Waals surface area contributed by atoms with Gasteiger partial charge in [-0.2, -0.15) is 0 Å². The van der Waals surface area contributed by atoms with Gasteiger partial charge >= 0.3 is 0 Å². The normalized spacial score (nSPS) is 21.9. The van der Waals surface area contributed by atoms with Crippen molar-refractivity contribution < 1.29 is 4.74 Å².